The van der Waals surface area contributed by atoms with Crippen LogP contribution in [0.25, 0.3) is 0 Å². The van der Waals surface area contributed by atoms with E-state index >= 15 is 0 Å². The van der Waals surface area contributed by atoms with Crippen molar-refractivity contribution in [2.24, 2.45) is 0 Å². The first-order chi connectivity index (χ1) is 8.57. The Kier molecular flexibility index (Phi) is 4.70. The van der Waals surface area contributed by atoms with Gasteiger partial charge in [0.05, 0.1) is 5.56 Å². The number of hydrogen-bond acceptors (Lipinski definition) is 0. The molecule has 1 rings (SSSR count). The Balaban J connectivity index is 3.32. The molecule has 0 bridgehead atoms. The Morgan fingerprint density at radius 1 is 1.05 bits per heavy atom. The first-order valence-electron chi connectivity index (χ1n) is 6.62. The van der Waals surface area contributed by atoms with Gasteiger partial charge in [0.2, 0.25) is 0 Å². The van der Waals surface area contributed by atoms with Crippen molar-refractivity contribution in [2.75, 3.05) is 0 Å². The normalized spacial score (nSPS) is 13.1. The van der Waals surface area contributed by atoms with Gasteiger partial charge in [-0.3, -0.25) is 0 Å². The molecule has 0 heterocycles. The Hall–Kier alpha value is -0.990. The molecule has 1 aromatic rings. The second-order valence-electron chi connectivity index (χ2n) is 6.04. The van der Waals surface area contributed by atoms with Crippen molar-refractivity contribution in [2.45, 2.75) is 59.1 Å². The van der Waals surface area contributed by atoms with Gasteiger partial charge in [0, 0.05) is 5.92 Å². The van der Waals surface area contributed by atoms with E-state index in [9.17, 15) is 13.2 Å². The van der Waals surface area contributed by atoms with Crippen molar-refractivity contribution in [1.82, 2.24) is 0 Å². The molecule has 107 valence electrons. The molecule has 0 aliphatic carbocycles. The summed E-state index contributed by atoms with van der Waals surface area (Å²) in [6.07, 6.45) is -2.54. The first kappa shape index (κ1) is 16.1. The fraction of sp³-hybridized carbons (Fsp3) is 0.562. The van der Waals surface area contributed by atoms with Crippen molar-refractivity contribution in [1.29, 1.82) is 0 Å². The lowest BCUT2D eigenvalue weighted by Crippen LogP contribution is -2.20. The molecule has 0 amide bonds. The van der Waals surface area contributed by atoms with Crippen LogP contribution in [-0.4, -0.2) is 0 Å². The van der Waals surface area contributed by atoms with Gasteiger partial charge >= 0.3 is 6.18 Å². The average Bonchev–Trinajstić information content (AvgIpc) is 2.26. The van der Waals surface area contributed by atoms with Crippen molar-refractivity contribution < 1.29 is 13.2 Å². The molecule has 0 atom stereocenters. The Labute approximate surface area is 114 Å². The van der Waals surface area contributed by atoms with Crippen LogP contribution in [0.2, 0.25) is 0 Å². The molecule has 0 aromatic heterocycles. The zero-order valence-electron chi connectivity index (χ0n) is 12.3. The van der Waals surface area contributed by atoms with E-state index in [1.165, 1.54) is 6.07 Å². The lowest BCUT2D eigenvalue weighted by Gasteiger charge is -2.25. The summed E-state index contributed by atoms with van der Waals surface area (Å²) >= 11 is 0. The van der Waals surface area contributed by atoms with Gasteiger partial charge in [-0.25, -0.2) is 0 Å². The number of halogens is 3. The molecule has 0 aliphatic heterocycles. The van der Waals surface area contributed by atoms with Gasteiger partial charge in [0.25, 0.3) is 0 Å². The monoisotopic (exact) mass is 271 g/mol. The van der Waals surface area contributed by atoms with Crippen LogP contribution in [0.3, 0.4) is 0 Å². The Morgan fingerprint density at radius 3 is 2.05 bits per heavy atom. The fourth-order valence-electron chi connectivity index (χ4n) is 2.22. The van der Waals surface area contributed by atoms with Crippen LogP contribution in [0.1, 0.15) is 64.2 Å². The van der Waals surface area contributed by atoms with E-state index in [1.54, 1.807) is 32.9 Å². The molecule has 0 aliphatic rings. The standard InChI is InChI=1S/C16H22F3/c1-6-7-11(2)12-8-9-13(15(3,4)5)14(10-12)16(17,18)19/h8-10H,6-7H2,1-5H3. The van der Waals surface area contributed by atoms with Crippen molar-refractivity contribution in [3.63, 3.8) is 0 Å². The fourth-order valence-corrected chi connectivity index (χ4v) is 2.22. The predicted molar refractivity (Wildman–Crippen MR) is 73.1 cm³/mol. The van der Waals surface area contributed by atoms with Crippen LogP contribution in [0, 0.1) is 5.92 Å². The van der Waals surface area contributed by atoms with E-state index in [1.807, 2.05) is 13.8 Å². The molecular weight excluding hydrogens is 249 g/mol. The van der Waals surface area contributed by atoms with Gasteiger partial charge in [-0.2, -0.15) is 13.2 Å². The van der Waals surface area contributed by atoms with Crippen molar-refractivity contribution >= 4 is 0 Å². The predicted octanol–water partition coefficient (Wildman–Crippen LogP) is 5.75. The van der Waals surface area contributed by atoms with Crippen LogP contribution in [-0.2, 0) is 11.6 Å². The lowest BCUT2D eigenvalue weighted by atomic mass is 9.81. The van der Waals surface area contributed by atoms with E-state index in [0.29, 0.717) is 11.1 Å². The maximum absolute atomic E-state index is 13.2. The summed E-state index contributed by atoms with van der Waals surface area (Å²) in [5, 5.41) is 0. The Morgan fingerprint density at radius 2 is 1.63 bits per heavy atom. The maximum Gasteiger partial charge on any atom is 0.416 e. The van der Waals surface area contributed by atoms with Gasteiger partial charge in [0.15, 0.2) is 0 Å². The maximum atomic E-state index is 13.2. The smallest absolute Gasteiger partial charge is 0.166 e. The number of rotatable bonds is 3. The SMILES string of the molecule is CCC[C](C)c1ccc(C(C)(C)C)c(C(F)(F)F)c1. The minimum absolute atomic E-state index is 0.355. The highest BCUT2D eigenvalue weighted by atomic mass is 19.4. The van der Waals surface area contributed by atoms with E-state index < -0.39 is 17.2 Å². The van der Waals surface area contributed by atoms with Crippen molar-refractivity contribution in [3.05, 3.63) is 40.8 Å². The van der Waals surface area contributed by atoms with Crippen LogP contribution < -0.4 is 0 Å². The van der Waals surface area contributed by atoms with Crippen LogP contribution in [0.5, 0.6) is 0 Å². The van der Waals surface area contributed by atoms with E-state index in [2.05, 4.69) is 0 Å². The largest absolute Gasteiger partial charge is 0.416 e. The quantitative estimate of drug-likeness (QED) is 0.657. The summed E-state index contributed by atoms with van der Waals surface area (Å²) < 4.78 is 39.6. The summed E-state index contributed by atoms with van der Waals surface area (Å²) in [6.45, 7) is 9.34. The molecule has 0 N–H and O–H groups in total. The Bertz CT molecular complexity index is 425. The number of hydrogen-bond donors (Lipinski definition) is 0. The third-order valence-electron chi connectivity index (χ3n) is 3.25. The minimum Gasteiger partial charge on any atom is -0.166 e. The summed E-state index contributed by atoms with van der Waals surface area (Å²) in [5.74, 6) is 1.01. The molecule has 0 spiro atoms. The van der Waals surface area contributed by atoms with Gasteiger partial charge < -0.3 is 0 Å². The zero-order valence-corrected chi connectivity index (χ0v) is 12.3. The molecule has 0 unspecified atom stereocenters. The summed E-state index contributed by atoms with van der Waals surface area (Å²) in [5.41, 5.74) is 0.0327. The van der Waals surface area contributed by atoms with Gasteiger partial charge in [0.1, 0.15) is 0 Å². The van der Waals surface area contributed by atoms with Gasteiger partial charge in [-0.1, -0.05) is 53.2 Å². The summed E-state index contributed by atoms with van der Waals surface area (Å²) in [7, 11) is 0. The number of alkyl halides is 3. The summed E-state index contributed by atoms with van der Waals surface area (Å²) in [6, 6.07) is 4.73. The molecule has 1 aromatic carbocycles. The highest BCUT2D eigenvalue weighted by Crippen LogP contribution is 2.39. The minimum atomic E-state index is -4.30. The highest BCUT2D eigenvalue weighted by molar-refractivity contribution is 5.42. The lowest BCUT2D eigenvalue weighted by molar-refractivity contribution is -0.138. The molecule has 0 saturated carbocycles. The molecule has 1 radical (unpaired) electrons. The van der Waals surface area contributed by atoms with Crippen LogP contribution >= 0.6 is 0 Å². The van der Waals surface area contributed by atoms with Crippen LogP contribution in [0.15, 0.2) is 18.2 Å². The second kappa shape index (κ2) is 5.56. The third kappa shape index (κ3) is 3.99. The molecule has 0 fully saturated rings. The molecule has 0 saturated heterocycles. The molecular formula is C16H22F3. The summed E-state index contributed by atoms with van der Waals surface area (Å²) in [4.78, 5) is 0. The molecule has 0 nitrogen and oxygen atoms in total. The van der Waals surface area contributed by atoms with Gasteiger partial charge in [-0.15, -0.1) is 0 Å². The first-order valence-corrected chi connectivity index (χ1v) is 6.62. The molecule has 3 heteroatoms. The van der Waals surface area contributed by atoms with E-state index in [0.717, 1.165) is 18.8 Å². The van der Waals surface area contributed by atoms with Crippen LogP contribution in [0.4, 0.5) is 13.2 Å². The van der Waals surface area contributed by atoms with E-state index in [-0.39, 0.29) is 0 Å². The topological polar surface area (TPSA) is 0 Å². The average molecular weight is 271 g/mol. The second-order valence-corrected chi connectivity index (χ2v) is 6.04. The number of benzene rings is 1. The molecule has 19 heavy (non-hydrogen) atoms. The zero-order chi connectivity index (χ0) is 14.8. The van der Waals surface area contributed by atoms with Gasteiger partial charge in [-0.05, 0) is 29.0 Å². The van der Waals surface area contributed by atoms with Crippen molar-refractivity contribution in [3.8, 4) is 0 Å². The van der Waals surface area contributed by atoms with E-state index in [4.69, 9.17) is 0 Å². The highest BCUT2D eigenvalue weighted by Gasteiger charge is 2.36. The third-order valence-corrected chi connectivity index (χ3v) is 3.25.